The van der Waals surface area contributed by atoms with Crippen molar-refractivity contribution in [3.63, 3.8) is 0 Å². The Morgan fingerprint density at radius 3 is 2.46 bits per heavy atom. The molecule has 1 aliphatic carbocycles. The highest BCUT2D eigenvalue weighted by molar-refractivity contribution is 6.06. The maximum atomic E-state index is 14.3. The molecule has 252 valence electrons. The van der Waals surface area contributed by atoms with Crippen molar-refractivity contribution in [3.8, 4) is 0 Å². The second-order valence-corrected chi connectivity index (χ2v) is 13.7. The number of hydrogen-bond donors (Lipinski definition) is 4. The van der Waals surface area contributed by atoms with Gasteiger partial charge in [0, 0.05) is 49.0 Å². The van der Waals surface area contributed by atoms with Gasteiger partial charge in [0.15, 0.2) is 0 Å². The molecule has 6 rings (SSSR count). The normalized spacial score (nSPS) is 19.8. The van der Waals surface area contributed by atoms with Crippen molar-refractivity contribution < 1.29 is 19.2 Å². The molecule has 4 amide bonds. The Morgan fingerprint density at radius 2 is 1.73 bits per heavy atom. The number of carbonyl (C=O) groups is 4. The molecule has 1 spiro atoms. The Balaban J connectivity index is 1.19. The maximum Gasteiger partial charge on any atom is 0.244 e. The zero-order valence-electron chi connectivity index (χ0n) is 28.2. The van der Waals surface area contributed by atoms with Crippen molar-refractivity contribution >= 4 is 35.1 Å². The molecule has 11 nitrogen and oxygen atoms in total. The van der Waals surface area contributed by atoms with Gasteiger partial charge in [0.1, 0.15) is 12.4 Å². The van der Waals surface area contributed by atoms with E-state index in [1.54, 1.807) is 18.1 Å². The molecule has 2 atom stereocenters. The van der Waals surface area contributed by atoms with E-state index in [9.17, 15) is 19.2 Å². The molecule has 11 heteroatoms. The van der Waals surface area contributed by atoms with Crippen molar-refractivity contribution in [1.82, 2.24) is 25.4 Å². The van der Waals surface area contributed by atoms with Crippen LogP contribution in [0.4, 0.5) is 11.5 Å². The van der Waals surface area contributed by atoms with E-state index in [1.807, 2.05) is 80.4 Å². The summed E-state index contributed by atoms with van der Waals surface area (Å²) < 4.78 is 0. The van der Waals surface area contributed by atoms with Crippen LogP contribution in [0.3, 0.4) is 0 Å². The molecular weight excluding hydrogens is 606 g/mol. The van der Waals surface area contributed by atoms with E-state index in [1.165, 1.54) is 0 Å². The largest absolute Gasteiger partial charge is 0.341 e. The van der Waals surface area contributed by atoms with Crippen molar-refractivity contribution in [1.29, 1.82) is 0 Å². The molecule has 1 aromatic heterocycles. The van der Waals surface area contributed by atoms with Gasteiger partial charge in [-0.2, -0.15) is 0 Å². The summed E-state index contributed by atoms with van der Waals surface area (Å²) in [6.07, 6.45) is 3.81. The zero-order valence-corrected chi connectivity index (χ0v) is 28.2. The number of carbonyl (C=O) groups excluding carboxylic acids is 4. The number of piperidine rings is 1. The molecule has 0 bridgehead atoms. The molecule has 2 aromatic carbocycles. The molecule has 2 aliphatic heterocycles. The number of nitrogens with zero attached hydrogens (tertiary/aromatic N) is 3. The van der Waals surface area contributed by atoms with Gasteiger partial charge in [0.05, 0.1) is 11.5 Å². The fraction of sp³-hybridized carbons (Fsp3) is 0.432. The van der Waals surface area contributed by atoms with Crippen LogP contribution in [0.1, 0.15) is 54.5 Å². The van der Waals surface area contributed by atoms with Crippen LogP contribution in [0, 0.1) is 5.41 Å². The molecule has 1 unspecified atom stereocenters. The fourth-order valence-electron chi connectivity index (χ4n) is 7.41. The first kappa shape index (κ1) is 33.3. The van der Waals surface area contributed by atoms with Crippen molar-refractivity contribution in [2.45, 2.75) is 64.1 Å². The first-order valence-electron chi connectivity index (χ1n) is 16.7. The lowest BCUT2D eigenvalue weighted by molar-refractivity contribution is -0.149. The van der Waals surface area contributed by atoms with Gasteiger partial charge >= 0.3 is 0 Å². The predicted octanol–water partition coefficient (Wildman–Crippen LogP) is 2.99. The van der Waals surface area contributed by atoms with Crippen molar-refractivity contribution in [3.05, 3.63) is 88.6 Å². The van der Waals surface area contributed by atoms with E-state index in [-0.39, 0.29) is 42.8 Å². The quantitative estimate of drug-likeness (QED) is 0.265. The number of hydrogen-bond acceptors (Lipinski definition) is 7. The molecule has 3 aliphatic rings. The SMILES string of the molecule is CNCc1ccccc1CN(CC(=O)Nc1ccc2c(c1)C[C@@]1(C2)C(=O)Nc2ncccc21)C(=O)C1(C)CCN(C(=O)C(C)NC)CC1. The van der Waals surface area contributed by atoms with Crippen LogP contribution >= 0.6 is 0 Å². The summed E-state index contributed by atoms with van der Waals surface area (Å²) in [5.41, 5.74) is 4.23. The molecule has 3 aromatic rings. The minimum Gasteiger partial charge on any atom is -0.341 e. The van der Waals surface area contributed by atoms with Gasteiger partial charge in [0.2, 0.25) is 23.6 Å². The highest BCUT2D eigenvalue weighted by Crippen LogP contribution is 2.47. The Hall–Kier alpha value is -4.61. The summed E-state index contributed by atoms with van der Waals surface area (Å²) >= 11 is 0. The number of pyridine rings is 1. The number of fused-ring (bicyclic) bond motifs is 3. The van der Waals surface area contributed by atoms with Crippen LogP contribution in [-0.2, 0) is 50.5 Å². The number of rotatable bonds is 10. The molecule has 3 heterocycles. The summed E-state index contributed by atoms with van der Waals surface area (Å²) in [6.45, 7) is 5.56. The van der Waals surface area contributed by atoms with Crippen molar-refractivity contribution in [2.75, 3.05) is 44.4 Å². The molecule has 1 saturated heterocycles. The van der Waals surface area contributed by atoms with E-state index in [0.29, 0.717) is 56.8 Å². The van der Waals surface area contributed by atoms with E-state index in [4.69, 9.17) is 0 Å². The Bertz CT molecular complexity index is 1730. The fourth-order valence-corrected chi connectivity index (χ4v) is 7.41. The summed E-state index contributed by atoms with van der Waals surface area (Å²) in [6, 6.07) is 17.2. The van der Waals surface area contributed by atoms with Gasteiger partial charge in [0.25, 0.3) is 0 Å². The molecule has 0 radical (unpaired) electrons. The van der Waals surface area contributed by atoms with E-state index >= 15 is 0 Å². The summed E-state index contributed by atoms with van der Waals surface area (Å²) in [4.78, 5) is 61.8. The smallest absolute Gasteiger partial charge is 0.244 e. The van der Waals surface area contributed by atoms with Gasteiger partial charge in [-0.05, 0) is 87.2 Å². The highest BCUT2D eigenvalue weighted by atomic mass is 16.2. The van der Waals surface area contributed by atoms with Crippen LogP contribution in [0.2, 0.25) is 0 Å². The van der Waals surface area contributed by atoms with Crippen LogP contribution in [0.15, 0.2) is 60.8 Å². The minimum absolute atomic E-state index is 0.0268. The molecule has 4 N–H and O–H groups in total. The number of likely N-dealkylation sites (N-methyl/N-ethyl adjacent to an activating group) is 1. The minimum atomic E-state index is -0.715. The third-order valence-electron chi connectivity index (χ3n) is 10.4. The molecular formula is C37H45N7O4. The number of aromatic nitrogens is 1. The van der Waals surface area contributed by atoms with Crippen LogP contribution < -0.4 is 21.3 Å². The summed E-state index contributed by atoms with van der Waals surface area (Å²) in [7, 11) is 3.64. The lowest BCUT2D eigenvalue weighted by Gasteiger charge is -2.41. The first-order chi connectivity index (χ1) is 23.1. The first-order valence-corrected chi connectivity index (χ1v) is 16.7. The highest BCUT2D eigenvalue weighted by Gasteiger charge is 2.51. The van der Waals surface area contributed by atoms with Gasteiger partial charge in [-0.1, -0.05) is 43.3 Å². The van der Waals surface area contributed by atoms with E-state index < -0.39 is 10.8 Å². The third-order valence-corrected chi connectivity index (χ3v) is 10.4. The molecule has 48 heavy (non-hydrogen) atoms. The van der Waals surface area contributed by atoms with Crippen LogP contribution in [-0.4, -0.2) is 78.2 Å². The predicted molar refractivity (Wildman–Crippen MR) is 184 cm³/mol. The molecule has 1 fully saturated rings. The summed E-state index contributed by atoms with van der Waals surface area (Å²) in [5, 5.41) is 12.2. The van der Waals surface area contributed by atoms with Crippen molar-refractivity contribution in [2.24, 2.45) is 5.41 Å². The van der Waals surface area contributed by atoms with E-state index in [0.717, 1.165) is 27.8 Å². The Morgan fingerprint density at radius 1 is 1.00 bits per heavy atom. The lowest BCUT2D eigenvalue weighted by Crippen LogP contribution is -2.53. The second-order valence-electron chi connectivity index (χ2n) is 13.7. The maximum absolute atomic E-state index is 14.3. The molecule has 0 saturated carbocycles. The topological polar surface area (TPSA) is 136 Å². The monoisotopic (exact) mass is 651 g/mol. The van der Waals surface area contributed by atoms with Gasteiger partial charge in [-0.15, -0.1) is 0 Å². The average molecular weight is 652 g/mol. The van der Waals surface area contributed by atoms with Gasteiger partial charge in [-0.25, -0.2) is 4.98 Å². The van der Waals surface area contributed by atoms with Gasteiger partial charge < -0.3 is 31.1 Å². The Labute approximate surface area is 281 Å². The standard InChI is InChI=1S/C37H45N7O4/c1-24(39-4)33(46)43-16-13-36(2,14-17-43)35(48)44(22-27-9-6-5-8-26(27)21-38-3)23-31(45)41-29-12-11-25-19-37(20-28(25)18-29)30-10-7-15-40-32(30)42-34(37)47/h5-12,15,18,24,38-39H,13-14,16-17,19-23H2,1-4H3,(H,41,45)(H,40,42,47)/t24?,37-/m1/s1. The number of likely N-dealkylation sites (tertiary alicyclic amines) is 1. The van der Waals surface area contributed by atoms with Gasteiger partial charge in [-0.3, -0.25) is 19.2 Å². The Kier molecular flexibility index (Phi) is 9.35. The van der Waals surface area contributed by atoms with Crippen LogP contribution in [0.5, 0.6) is 0 Å². The number of benzene rings is 2. The summed E-state index contributed by atoms with van der Waals surface area (Å²) in [5.74, 6) is 0.198. The second kappa shape index (κ2) is 13.5. The number of amides is 4. The lowest BCUT2D eigenvalue weighted by atomic mass is 9.78. The third kappa shape index (κ3) is 6.32. The average Bonchev–Trinajstić information content (AvgIpc) is 3.60. The zero-order chi connectivity index (χ0) is 34.1. The van der Waals surface area contributed by atoms with E-state index in [2.05, 4.69) is 26.3 Å². The number of nitrogens with one attached hydrogen (secondary N) is 4. The number of anilines is 2. The van der Waals surface area contributed by atoms with Crippen LogP contribution in [0.25, 0.3) is 0 Å².